The Morgan fingerprint density at radius 1 is 1.55 bits per heavy atom. The third-order valence-electron chi connectivity index (χ3n) is 4.69. The maximum atomic E-state index is 12.6. The van der Waals surface area contributed by atoms with Gasteiger partial charge in [-0.05, 0) is 44.4 Å². The summed E-state index contributed by atoms with van der Waals surface area (Å²) in [5.41, 5.74) is 2.72. The van der Waals surface area contributed by atoms with Crippen molar-refractivity contribution in [2.24, 2.45) is 0 Å². The van der Waals surface area contributed by atoms with Gasteiger partial charge in [-0.25, -0.2) is 4.98 Å². The number of aliphatic hydroxyl groups is 1. The summed E-state index contributed by atoms with van der Waals surface area (Å²) in [6.07, 6.45) is 3.78. The zero-order chi connectivity index (χ0) is 15.7. The van der Waals surface area contributed by atoms with Crippen LogP contribution in [0.1, 0.15) is 34.5 Å². The number of methoxy groups -OCH3 is 1. The van der Waals surface area contributed by atoms with Crippen molar-refractivity contribution in [3.8, 4) is 5.88 Å². The van der Waals surface area contributed by atoms with Gasteiger partial charge in [0.15, 0.2) is 0 Å². The number of aliphatic hydroxyl groups excluding tert-OH is 1. The number of carbonyl (C=O) groups excluding carboxylic acids is 1. The van der Waals surface area contributed by atoms with Crippen molar-refractivity contribution in [1.29, 1.82) is 0 Å². The number of rotatable bonds is 4. The Morgan fingerprint density at radius 2 is 2.36 bits per heavy atom. The van der Waals surface area contributed by atoms with Crippen molar-refractivity contribution in [2.45, 2.75) is 37.8 Å². The topological polar surface area (TPSA) is 74.7 Å². The number of ether oxygens (including phenoxy) is 1. The lowest BCUT2D eigenvalue weighted by Crippen LogP contribution is -2.36. The molecule has 3 rings (SSSR count). The highest BCUT2D eigenvalue weighted by Gasteiger charge is 2.31. The van der Waals surface area contributed by atoms with Crippen LogP contribution >= 0.6 is 0 Å². The number of aryl methyl sites for hydroxylation is 2. The molecule has 1 fully saturated rings. The van der Waals surface area contributed by atoms with E-state index in [9.17, 15) is 9.90 Å². The standard InChI is InChI=1S/C16H23N3O3/c1-19-8-11(7-12(19)9-20)17-15(21)13-6-10-4-3-5-14(10)18-16(13)22-2/h6,11-12,20H,3-5,7-9H2,1-2H3,(H,17,21)/t11-,12+/m1/s1. The van der Waals surface area contributed by atoms with Crippen molar-refractivity contribution in [1.82, 2.24) is 15.2 Å². The van der Waals surface area contributed by atoms with Crippen LogP contribution in [-0.4, -0.2) is 60.3 Å². The second kappa shape index (κ2) is 6.22. The van der Waals surface area contributed by atoms with Gasteiger partial charge in [-0.3, -0.25) is 9.69 Å². The fraction of sp³-hybridized carbons (Fsp3) is 0.625. The highest BCUT2D eigenvalue weighted by molar-refractivity contribution is 5.96. The van der Waals surface area contributed by atoms with Gasteiger partial charge in [-0.15, -0.1) is 0 Å². The van der Waals surface area contributed by atoms with Crippen LogP contribution in [0.4, 0.5) is 0 Å². The quantitative estimate of drug-likeness (QED) is 0.841. The van der Waals surface area contributed by atoms with Gasteiger partial charge in [-0.1, -0.05) is 0 Å². The molecule has 2 aliphatic rings. The number of amides is 1. The highest BCUT2D eigenvalue weighted by Crippen LogP contribution is 2.27. The van der Waals surface area contributed by atoms with E-state index in [2.05, 4.69) is 15.2 Å². The Balaban J connectivity index is 1.75. The zero-order valence-electron chi connectivity index (χ0n) is 13.1. The van der Waals surface area contributed by atoms with Crippen LogP contribution in [0.25, 0.3) is 0 Å². The van der Waals surface area contributed by atoms with Crippen LogP contribution in [0.2, 0.25) is 0 Å². The molecule has 1 amide bonds. The number of likely N-dealkylation sites (tertiary alicyclic amines) is 1. The van der Waals surface area contributed by atoms with E-state index in [0.717, 1.165) is 43.5 Å². The molecule has 6 nitrogen and oxygen atoms in total. The Bertz CT molecular complexity index is 576. The molecule has 0 saturated carbocycles. The van der Waals surface area contributed by atoms with Crippen molar-refractivity contribution in [3.05, 3.63) is 22.9 Å². The van der Waals surface area contributed by atoms with Crippen LogP contribution in [0.15, 0.2) is 6.07 Å². The van der Waals surface area contributed by atoms with Gasteiger partial charge in [0.2, 0.25) is 5.88 Å². The summed E-state index contributed by atoms with van der Waals surface area (Å²) in [5, 5.41) is 12.4. The molecule has 0 radical (unpaired) electrons. The number of likely N-dealkylation sites (N-methyl/N-ethyl adjacent to an activating group) is 1. The number of nitrogens with one attached hydrogen (secondary N) is 1. The second-order valence-corrected chi connectivity index (χ2v) is 6.19. The average molecular weight is 305 g/mol. The van der Waals surface area contributed by atoms with E-state index in [1.807, 2.05) is 13.1 Å². The maximum absolute atomic E-state index is 12.6. The third-order valence-corrected chi connectivity index (χ3v) is 4.69. The Morgan fingerprint density at radius 3 is 3.05 bits per heavy atom. The minimum absolute atomic E-state index is 0.0487. The lowest BCUT2D eigenvalue weighted by Gasteiger charge is -2.15. The SMILES string of the molecule is COc1nc2c(cc1C(=O)N[C@@H]1C[C@@H](CO)N(C)C1)CCC2. The normalized spacial score (nSPS) is 24.3. The maximum Gasteiger partial charge on any atom is 0.257 e. The molecule has 1 aromatic rings. The molecule has 0 unspecified atom stereocenters. The highest BCUT2D eigenvalue weighted by atomic mass is 16.5. The molecule has 2 atom stereocenters. The first-order chi connectivity index (χ1) is 10.6. The molecule has 0 spiro atoms. The summed E-state index contributed by atoms with van der Waals surface area (Å²) in [6.45, 7) is 0.865. The number of hydrogen-bond acceptors (Lipinski definition) is 5. The second-order valence-electron chi connectivity index (χ2n) is 6.19. The van der Waals surface area contributed by atoms with E-state index in [1.165, 1.54) is 0 Å². The van der Waals surface area contributed by atoms with Crippen LogP contribution in [0.5, 0.6) is 5.88 Å². The fourth-order valence-electron chi connectivity index (χ4n) is 3.43. The van der Waals surface area contributed by atoms with Gasteiger partial charge in [0.05, 0.1) is 13.7 Å². The Labute approximate surface area is 130 Å². The van der Waals surface area contributed by atoms with E-state index in [-0.39, 0.29) is 24.6 Å². The van der Waals surface area contributed by atoms with Crippen molar-refractivity contribution < 1.29 is 14.6 Å². The summed E-state index contributed by atoms with van der Waals surface area (Å²) in [7, 11) is 3.51. The molecule has 1 aliphatic carbocycles. The predicted octanol–water partition coefficient (Wildman–Crippen LogP) is 0.374. The summed E-state index contributed by atoms with van der Waals surface area (Å²) < 4.78 is 5.30. The number of carbonyl (C=O) groups is 1. The molecule has 22 heavy (non-hydrogen) atoms. The summed E-state index contributed by atoms with van der Waals surface area (Å²) >= 11 is 0. The van der Waals surface area contributed by atoms with E-state index in [1.54, 1.807) is 7.11 Å². The number of pyridine rings is 1. The zero-order valence-corrected chi connectivity index (χ0v) is 13.1. The van der Waals surface area contributed by atoms with Gasteiger partial charge in [0.25, 0.3) is 5.91 Å². The van der Waals surface area contributed by atoms with E-state index in [0.29, 0.717) is 11.4 Å². The van der Waals surface area contributed by atoms with Gasteiger partial charge in [0, 0.05) is 24.3 Å². The lowest BCUT2D eigenvalue weighted by molar-refractivity contribution is 0.0934. The molecular weight excluding hydrogens is 282 g/mol. The average Bonchev–Trinajstić information content (AvgIpc) is 3.11. The lowest BCUT2D eigenvalue weighted by atomic mass is 10.1. The van der Waals surface area contributed by atoms with Crippen LogP contribution < -0.4 is 10.1 Å². The third kappa shape index (κ3) is 2.80. The largest absolute Gasteiger partial charge is 0.480 e. The van der Waals surface area contributed by atoms with E-state index >= 15 is 0 Å². The predicted molar refractivity (Wildman–Crippen MR) is 82.2 cm³/mol. The summed E-state index contributed by atoms with van der Waals surface area (Å²) in [5.74, 6) is 0.263. The van der Waals surface area contributed by atoms with Crippen molar-refractivity contribution in [2.75, 3.05) is 27.3 Å². The van der Waals surface area contributed by atoms with Crippen molar-refractivity contribution >= 4 is 5.91 Å². The first kappa shape index (κ1) is 15.2. The number of fused-ring (bicyclic) bond motifs is 1. The van der Waals surface area contributed by atoms with Crippen LogP contribution in [-0.2, 0) is 12.8 Å². The van der Waals surface area contributed by atoms with E-state index in [4.69, 9.17) is 4.74 Å². The number of aromatic nitrogens is 1. The van der Waals surface area contributed by atoms with Gasteiger partial charge in [0.1, 0.15) is 5.56 Å². The van der Waals surface area contributed by atoms with Crippen LogP contribution in [0, 0.1) is 0 Å². The molecule has 1 aliphatic heterocycles. The minimum Gasteiger partial charge on any atom is -0.480 e. The minimum atomic E-state index is -0.143. The number of hydrogen-bond donors (Lipinski definition) is 2. The molecule has 0 aromatic carbocycles. The monoisotopic (exact) mass is 305 g/mol. The summed E-state index contributed by atoms with van der Waals surface area (Å²) in [6, 6.07) is 2.09. The fourth-order valence-corrected chi connectivity index (χ4v) is 3.43. The van der Waals surface area contributed by atoms with Gasteiger partial charge < -0.3 is 15.2 Å². The Kier molecular flexibility index (Phi) is 4.31. The molecule has 1 aromatic heterocycles. The molecule has 0 bridgehead atoms. The Hall–Kier alpha value is -1.66. The first-order valence-electron chi connectivity index (χ1n) is 7.81. The molecule has 2 heterocycles. The van der Waals surface area contributed by atoms with Crippen molar-refractivity contribution in [3.63, 3.8) is 0 Å². The molecule has 1 saturated heterocycles. The molecule has 6 heteroatoms. The smallest absolute Gasteiger partial charge is 0.257 e. The summed E-state index contributed by atoms with van der Waals surface area (Å²) in [4.78, 5) is 19.1. The molecule has 2 N–H and O–H groups in total. The number of nitrogens with zero attached hydrogens (tertiary/aromatic N) is 2. The van der Waals surface area contributed by atoms with E-state index < -0.39 is 0 Å². The molecule has 120 valence electrons. The van der Waals surface area contributed by atoms with Gasteiger partial charge >= 0.3 is 0 Å². The van der Waals surface area contributed by atoms with Crippen LogP contribution in [0.3, 0.4) is 0 Å². The molecular formula is C16H23N3O3. The van der Waals surface area contributed by atoms with Gasteiger partial charge in [-0.2, -0.15) is 0 Å². The first-order valence-corrected chi connectivity index (χ1v) is 7.81.